The largest absolute Gasteiger partial charge is 0.351 e. The quantitative estimate of drug-likeness (QED) is 0.775. The molecule has 2 rings (SSSR count). The molecule has 104 valence electrons. The molecule has 1 aromatic rings. The van der Waals surface area contributed by atoms with Gasteiger partial charge in [0.15, 0.2) is 0 Å². The lowest BCUT2D eigenvalue weighted by Crippen LogP contribution is -2.36. The fourth-order valence-corrected chi connectivity index (χ4v) is 2.84. The summed E-state index contributed by atoms with van der Waals surface area (Å²) in [5.41, 5.74) is 0.538. The van der Waals surface area contributed by atoms with E-state index in [4.69, 9.17) is 0 Å². The number of rotatable bonds is 6. The zero-order valence-corrected chi connectivity index (χ0v) is 13.1. The molecule has 0 atom stereocenters. The number of carbonyl (C=O) groups is 1. The van der Waals surface area contributed by atoms with Crippen LogP contribution in [0, 0.1) is 9.39 Å². The minimum atomic E-state index is -0.313. The molecule has 19 heavy (non-hydrogen) atoms. The summed E-state index contributed by atoms with van der Waals surface area (Å²) in [4.78, 5) is 14.4. The molecule has 1 aromatic carbocycles. The van der Waals surface area contributed by atoms with Gasteiger partial charge in [0.2, 0.25) is 0 Å². The van der Waals surface area contributed by atoms with Gasteiger partial charge in [-0.2, -0.15) is 0 Å². The Bertz CT molecular complexity index is 463. The molecule has 1 saturated carbocycles. The first-order valence-electron chi connectivity index (χ1n) is 6.59. The normalized spacial score (nSPS) is 14.7. The number of likely N-dealkylation sites (N-methyl/N-ethyl adjacent to an activating group) is 1. The van der Waals surface area contributed by atoms with Crippen LogP contribution >= 0.6 is 22.6 Å². The van der Waals surface area contributed by atoms with Gasteiger partial charge in [0.05, 0.1) is 5.56 Å². The maximum absolute atomic E-state index is 13.0. The topological polar surface area (TPSA) is 32.3 Å². The highest BCUT2D eigenvalue weighted by Crippen LogP contribution is 2.25. The first-order valence-corrected chi connectivity index (χ1v) is 7.67. The molecule has 1 amide bonds. The molecule has 0 saturated heterocycles. The van der Waals surface area contributed by atoms with E-state index in [0.29, 0.717) is 21.7 Å². The van der Waals surface area contributed by atoms with Gasteiger partial charge in [-0.1, -0.05) is 6.92 Å². The van der Waals surface area contributed by atoms with Crippen molar-refractivity contribution in [2.75, 3.05) is 19.6 Å². The molecule has 0 bridgehead atoms. The highest BCUT2D eigenvalue weighted by molar-refractivity contribution is 14.1. The van der Waals surface area contributed by atoms with Crippen LogP contribution in [0.2, 0.25) is 0 Å². The van der Waals surface area contributed by atoms with Gasteiger partial charge >= 0.3 is 0 Å². The van der Waals surface area contributed by atoms with Crippen LogP contribution in [0.4, 0.5) is 4.39 Å². The SMILES string of the molecule is CCN(CCNC(=O)c1ccc(F)cc1I)C1CC1. The zero-order valence-electron chi connectivity index (χ0n) is 11.0. The summed E-state index contributed by atoms with van der Waals surface area (Å²) in [5, 5.41) is 2.90. The Kier molecular flexibility index (Phi) is 5.15. The summed E-state index contributed by atoms with van der Waals surface area (Å²) in [5.74, 6) is -0.442. The van der Waals surface area contributed by atoms with Crippen LogP contribution in [-0.2, 0) is 0 Å². The van der Waals surface area contributed by atoms with Crippen molar-refractivity contribution < 1.29 is 9.18 Å². The minimum absolute atomic E-state index is 0.128. The highest BCUT2D eigenvalue weighted by Gasteiger charge is 2.27. The maximum Gasteiger partial charge on any atom is 0.252 e. The Hall–Kier alpha value is -0.690. The van der Waals surface area contributed by atoms with Crippen LogP contribution in [0.5, 0.6) is 0 Å². The van der Waals surface area contributed by atoms with Gasteiger partial charge in [-0.3, -0.25) is 9.69 Å². The second-order valence-corrected chi connectivity index (χ2v) is 5.90. The van der Waals surface area contributed by atoms with Crippen molar-refractivity contribution in [1.29, 1.82) is 0 Å². The van der Waals surface area contributed by atoms with Crippen LogP contribution in [-0.4, -0.2) is 36.5 Å². The fraction of sp³-hybridized carbons (Fsp3) is 0.500. The van der Waals surface area contributed by atoms with Gasteiger partial charge < -0.3 is 5.32 Å². The molecule has 0 radical (unpaired) electrons. The second kappa shape index (κ2) is 6.65. The maximum atomic E-state index is 13.0. The lowest BCUT2D eigenvalue weighted by molar-refractivity contribution is 0.0947. The predicted octanol–water partition coefficient (Wildman–Crippen LogP) is 2.64. The van der Waals surface area contributed by atoms with Crippen LogP contribution < -0.4 is 5.32 Å². The Morgan fingerprint density at radius 1 is 1.53 bits per heavy atom. The fourth-order valence-electron chi connectivity index (χ4n) is 2.12. The zero-order chi connectivity index (χ0) is 13.8. The number of halogens is 2. The number of hydrogen-bond donors (Lipinski definition) is 1. The van der Waals surface area contributed by atoms with Crippen molar-refractivity contribution in [3.05, 3.63) is 33.1 Å². The Morgan fingerprint density at radius 3 is 2.84 bits per heavy atom. The molecular formula is C14H18FIN2O. The molecule has 0 aromatic heterocycles. The third-order valence-electron chi connectivity index (χ3n) is 3.33. The van der Waals surface area contributed by atoms with Gasteiger partial charge in [-0.05, 0) is 60.2 Å². The van der Waals surface area contributed by atoms with Crippen molar-refractivity contribution in [2.24, 2.45) is 0 Å². The van der Waals surface area contributed by atoms with Gasteiger partial charge in [0.25, 0.3) is 5.91 Å². The molecule has 1 aliphatic carbocycles. The van der Waals surface area contributed by atoms with E-state index in [-0.39, 0.29) is 11.7 Å². The minimum Gasteiger partial charge on any atom is -0.351 e. The molecular weight excluding hydrogens is 358 g/mol. The Labute approximate surface area is 126 Å². The molecule has 0 unspecified atom stereocenters. The summed E-state index contributed by atoms with van der Waals surface area (Å²) >= 11 is 1.98. The van der Waals surface area contributed by atoms with E-state index in [2.05, 4.69) is 17.1 Å². The number of benzene rings is 1. The number of carbonyl (C=O) groups excluding carboxylic acids is 1. The summed E-state index contributed by atoms with van der Waals surface area (Å²) in [6.07, 6.45) is 2.55. The van der Waals surface area contributed by atoms with Crippen molar-refractivity contribution >= 4 is 28.5 Å². The Balaban J connectivity index is 1.83. The highest BCUT2D eigenvalue weighted by atomic mass is 127. The second-order valence-electron chi connectivity index (χ2n) is 4.74. The van der Waals surface area contributed by atoms with E-state index in [1.807, 2.05) is 22.6 Å². The summed E-state index contributed by atoms with van der Waals surface area (Å²) in [7, 11) is 0. The van der Waals surface area contributed by atoms with E-state index in [1.165, 1.54) is 31.0 Å². The molecule has 0 heterocycles. The van der Waals surface area contributed by atoms with Crippen molar-refractivity contribution in [3.8, 4) is 0 Å². The Morgan fingerprint density at radius 2 is 2.26 bits per heavy atom. The number of nitrogens with zero attached hydrogens (tertiary/aromatic N) is 1. The van der Waals surface area contributed by atoms with E-state index in [1.54, 1.807) is 0 Å². The van der Waals surface area contributed by atoms with Gasteiger partial charge in [0, 0.05) is 22.7 Å². The molecule has 1 aliphatic rings. The first-order chi connectivity index (χ1) is 9.11. The van der Waals surface area contributed by atoms with Crippen LogP contribution in [0.25, 0.3) is 0 Å². The summed E-state index contributed by atoms with van der Waals surface area (Å²) in [6.45, 7) is 4.68. The van der Waals surface area contributed by atoms with E-state index >= 15 is 0 Å². The van der Waals surface area contributed by atoms with Crippen LogP contribution in [0.15, 0.2) is 18.2 Å². The van der Waals surface area contributed by atoms with Crippen LogP contribution in [0.1, 0.15) is 30.1 Å². The van der Waals surface area contributed by atoms with Gasteiger partial charge in [-0.25, -0.2) is 4.39 Å². The summed E-state index contributed by atoms with van der Waals surface area (Å²) < 4.78 is 13.6. The average Bonchev–Trinajstić information content (AvgIpc) is 3.18. The lowest BCUT2D eigenvalue weighted by Gasteiger charge is -2.19. The summed E-state index contributed by atoms with van der Waals surface area (Å²) in [6, 6.07) is 4.94. The van der Waals surface area contributed by atoms with Crippen LogP contribution in [0.3, 0.4) is 0 Å². The number of nitrogens with one attached hydrogen (secondary N) is 1. The predicted molar refractivity (Wildman–Crippen MR) is 81.7 cm³/mol. The van der Waals surface area contributed by atoms with Crippen molar-refractivity contribution in [3.63, 3.8) is 0 Å². The van der Waals surface area contributed by atoms with Gasteiger partial charge in [0.1, 0.15) is 5.82 Å². The lowest BCUT2D eigenvalue weighted by atomic mass is 10.2. The van der Waals surface area contributed by atoms with E-state index in [0.717, 1.165) is 13.1 Å². The first kappa shape index (κ1) is 14.7. The van der Waals surface area contributed by atoms with Crippen molar-refractivity contribution in [1.82, 2.24) is 10.2 Å². The van der Waals surface area contributed by atoms with Gasteiger partial charge in [-0.15, -0.1) is 0 Å². The smallest absolute Gasteiger partial charge is 0.252 e. The molecule has 1 fully saturated rings. The molecule has 1 N–H and O–H groups in total. The standard InChI is InChI=1S/C14H18FIN2O/c1-2-18(11-4-5-11)8-7-17-14(19)12-6-3-10(15)9-13(12)16/h3,6,9,11H,2,4-5,7-8H2,1H3,(H,17,19). The number of amides is 1. The molecule has 0 aliphatic heterocycles. The molecule has 3 nitrogen and oxygen atoms in total. The third-order valence-corrected chi connectivity index (χ3v) is 4.22. The molecule has 0 spiro atoms. The van der Waals surface area contributed by atoms with Crippen molar-refractivity contribution in [2.45, 2.75) is 25.8 Å². The number of hydrogen-bond acceptors (Lipinski definition) is 2. The van der Waals surface area contributed by atoms with E-state index < -0.39 is 0 Å². The molecule has 5 heteroatoms. The average molecular weight is 376 g/mol. The van der Waals surface area contributed by atoms with E-state index in [9.17, 15) is 9.18 Å². The third kappa shape index (κ3) is 4.14. The monoisotopic (exact) mass is 376 g/mol.